The number of rotatable bonds is 10. The van der Waals surface area contributed by atoms with Gasteiger partial charge in [0.15, 0.2) is 0 Å². The standard InChI is InChI=1S/C27H31ClFN3O2/c1-4-21-25(20-12-11-18(28)16-23(20)33-3)30-22(5-2)27(31-21)32-26-19-10-7-6-9-17(19)15-24(26)34-14-8-13-29/h6-7,9-12,16,24,26H,4-5,8,13-15H2,1-3H3,(H,31,32)/t24-,26+/m0/s1. The summed E-state index contributed by atoms with van der Waals surface area (Å²) >= 11 is 6.18. The minimum absolute atomic E-state index is 0.0731. The van der Waals surface area contributed by atoms with Crippen LogP contribution in [0.25, 0.3) is 11.3 Å². The summed E-state index contributed by atoms with van der Waals surface area (Å²) in [7, 11) is 1.63. The van der Waals surface area contributed by atoms with Crippen LogP contribution in [0.2, 0.25) is 5.02 Å². The van der Waals surface area contributed by atoms with E-state index in [2.05, 4.69) is 31.3 Å². The molecule has 1 heterocycles. The van der Waals surface area contributed by atoms with E-state index in [0.717, 1.165) is 34.9 Å². The molecule has 2 aromatic carbocycles. The molecule has 0 aliphatic heterocycles. The number of halogens is 2. The van der Waals surface area contributed by atoms with E-state index in [1.54, 1.807) is 13.2 Å². The molecule has 34 heavy (non-hydrogen) atoms. The lowest BCUT2D eigenvalue weighted by Gasteiger charge is -2.25. The molecule has 0 unspecified atom stereocenters. The number of hydrogen-bond acceptors (Lipinski definition) is 5. The van der Waals surface area contributed by atoms with Gasteiger partial charge in [-0.1, -0.05) is 49.7 Å². The van der Waals surface area contributed by atoms with Crippen LogP contribution in [0.15, 0.2) is 42.5 Å². The molecule has 180 valence electrons. The highest BCUT2D eigenvalue weighted by Crippen LogP contribution is 2.38. The molecule has 7 heteroatoms. The molecule has 1 aliphatic rings. The maximum Gasteiger partial charge on any atom is 0.148 e. The summed E-state index contributed by atoms with van der Waals surface area (Å²) in [5, 5.41) is 4.25. The van der Waals surface area contributed by atoms with Crippen LogP contribution in [-0.2, 0) is 24.0 Å². The second kappa shape index (κ2) is 11.2. The molecule has 2 atom stereocenters. The molecule has 0 fully saturated rings. The summed E-state index contributed by atoms with van der Waals surface area (Å²) < 4.78 is 24.4. The molecular formula is C27H31ClFN3O2. The van der Waals surface area contributed by atoms with Crippen molar-refractivity contribution >= 4 is 17.4 Å². The summed E-state index contributed by atoms with van der Waals surface area (Å²) in [4.78, 5) is 10.1. The van der Waals surface area contributed by atoms with Gasteiger partial charge in [-0.3, -0.25) is 4.39 Å². The van der Waals surface area contributed by atoms with E-state index in [9.17, 15) is 4.39 Å². The first-order valence-corrected chi connectivity index (χ1v) is 12.2. The highest BCUT2D eigenvalue weighted by atomic mass is 35.5. The van der Waals surface area contributed by atoms with Crippen LogP contribution in [0.4, 0.5) is 10.2 Å². The molecule has 0 amide bonds. The molecule has 0 spiro atoms. The maximum absolute atomic E-state index is 12.7. The maximum atomic E-state index is 12.7. The zero-order valence-corrected chi connectivity index (χ0v) is 20.7. The highest BCUT2D eigenvalue weighted by molar-refractivity contribution is 6.30. The van der Waals surface area contributed by atoms with E-state index in [-0.39, 0.29) is 18.8 Å². The van der Waals surface area contributed by atoms with Crippen molar-refractivity contribution in [3.8, 4) is 17.0 Å². The van der Waals surface area contributed by atoms with Crippen molar-refractivity contribution in [2.24, 2.45) is 0 Å². The van der Waals surface area contributed by atoms with Gasteiger partial charge in [0.2, 0.25) is 0 Å². The summed E-state index contributed by atoms with van der Waals surface area (Å²) in [6.07, 6.45) is 2.53. The van der Waals surface area contributed by atoms with Gasteiger partial charge in [-0.25, -0.2) is 9.97 Å². The molecule has 0 saturated carbocycles. The van der Waals surface area contributed by atoms with Gasteiger partial charge >= 0.3 is 0 Å². The summed E-state index contributed by atoms with van der Waals surface area (Å²) in [5.41, 5.74) is 5.86. The zero-order chi connectivity index (χ0) is 24.1. The third-order valence-electron chi connectivity index (χ3n) is 6.21. The molecule has 3 aromatic rings. The minimum Gasteiger partial charge on any atom is -0.496 e. The van der Waals surface area contributed by atoms with Gasteiger partial charge in [-0.15, -0.1) is 0 Å². The average Bonchev–Trinajstić information content (AvgIpc) is 3.21. The molecule has 1 aliphatic carbocycles. The van der Waals surface area contributed by atoms with Gasteiger partial charge in [-0.05, 0) is 48.6 Å². The predicted molar refractivity (Wildman–Crippen MR) is 135 cm³/mol. The molecule has 0 radical (unpaired) electrons. The normalized spacial score (nSPS) is 17.0. The number of nitrogens with zero attached hydrogens (tertiary/aromatic N) is 2. The van der Waals surface area contributed by atoms with Crippen molar-refractivity contribution < 1.29 is 13.9 Å². The van der Waals surface area contributed by atoms with E-state index in [4.69, 9.17) is 31.0 Å². The lowest BCUT2D eigenvalue weighted by molar-refractivity contribution is 0.0437. The Kier molecular flexibility index (Phi) is 8.01. The van der Waals surface area contributed by atoms with E-state index >= 15 is 0 Å². The molecule has 0 saturated heterocycles. The summed E-state index contributed by atoms with van der Waals surface area (Å²) in [6.45, 7) is 4.16. The van der Waals surface area contributed by atoms with Crippen molar-refractivity contribution in [3.63, 3.8) is 0 Å². The first kappa shape index (κ1) is 24.4. The number of aryl methyl sites for hydroxylation is 2. The van der Waals surface area contributed by atoms with Gasteiger partial charge in [0.25, 0.3) is 0 Å². The molecule has 1 aromatic heterocycles. The van der Waals surface area contributed by atoms with Crippen LogP contribution in [0, 0.1) is 0 Å². The summed E-state index contributed by atoms with van der Waals surface area (Å²) in [5.74, 6) is 1.43. The van der Waals surface area contributed by atoms with E-state index in [1.807, 2.05) is 24.3 Å². The minimum atomic E-state index is -0.376. The molecule has 1 N–H and O–H groups in total. The monoisotopic (exact) mass is 483 g/mol. The lowest BCUT2D eigenvalue weighted by atomic mass is 10.1. The Morgan fingerprint density at radius 2 is 1.88 bits per heavy atom. The Bertz CT molecular complexity index is 1140. The fourth-order valence-corrected chi connectivity index (χ4v) is 4.67. The Hall–Kier alpha value is -2.70. The van der Waals surface area contributed by atoms with Crippen molar-refractivity contribution in [1.29, 1.82) is 0 Å². The van der Waals surface area contributed by atoms with E-state index in [1.165, 1.54) is 11.1 Å². The Morgan fingerprint density at radius 1 is 1.09 bits per heavy atom. The van der Waals surface area contributed by atoms with Crippen molar-refractivity contribution in [2.45, 2.75) is 51.7 Å². The second-order valence-electron chi connectivity index (χ2n) is 8.34. The van der Waals surface area contributed by atoms with Crippen molar-refractivity contribution in [2.75, 3.05) is 25.7 Å². The number of ether oxygens (including phenoxy) is 2. The van der Waals surface area contributed by atoms with Crippen LogP contribution in [-0.4, -0.2) is 36.5 Å². The Morgan fingerprint density at radius 3 is 2.62 bits per heavy atom. The number of benzene rings is 2. The molecule has 5 nitrogen and oxygen atoms in total. The van der Waals surface area contributed by atoms with Gasteiger partial charge in [0.1, 0.15) is 11.6 Å². The number of alkyl halides is 1. The molecule has 4 rings (SSSR count). The number of methoxy groups -OCH3 is 1. The van der Waals surface area contributed by atoms with Crippen LogP contribution in [0.1, 0.15) is 48.8 Å². The van der Waals surface area contributed by atoms with Crippen LogP contribution < -0.4 is 10.1 Å². The van der Waals surface area contributed by atoms with Crippen molar-refractivity contribution in [3.05, 3.63) is 70.0 Å². The van der Waals surface area contributed by atoms with E-state index < -0.39 is 0 Å². The number of aromatic nitrogens is 2. The second-order valence-corrected chi connectivity index (χ2v) is 8.78. The van der Waals surface area contributed by atoms with Crippen LogP contribution >= 0.6 is 11.6 Å². The number of anilines is 1. The topological polar surface area (TPSA) is 56.3 Å². The lowest BCUT2D eigenvalue weighted by Crippen LogP contribution is -2.26. The van der Waals surface area contributed by atoms with Gasteiger partial charge in [-0.2, -0.15) is 0 Å². The van der Waals surface area contributed by atoms with Gasteiger partial charge in [0.05, 0.1) is 43.0 Å². The van der Waals surface area contributed by atoms with Crippen LogP contribution in [0.5, 0.6) is 5.75 Å². The first-order chi connectivity index (χ1) is 16.6. The third-order valence-corrected chi connectivity index (χ3v) is 6.45. The predicted octanol–water partition coefficient (Wildman–Crippen LogP) is 6.38. The summed E-state index contributed by atoms with van der Waals surface area (Å²) in [6, 6.07) is 13.8. The third kappa shape index (κ3) is 5.03. The SMILES string of the molecule is CCc1nc(-c2ccc(Cl)cc2OC)c(CC)nc1N[C@@H]1c2ccccc2C[C@@H]1OCCCF. The number of hydrogen-bond donors (Lipinski definition) is 1. The first-order valence-electron chi connectivity index (χ1n) is 11.8. The smallest absolute Gasteiger partial charge is 0.148 e. The quantitative estimate of drug-likeness (QED) is 0.339. The molecule has 0 bridgehead atoms. The van der Waals surface area contributed by atoms with E-state index in [0.29, 0.717) is 36.6 Å². The number of fused-ring (bicyclic) bond motifs is 1. The fraction of sp³-hybridized carbons (Fsp3) is 0.407. The zero-order valence-electron chi connectivity index (χ0n) is 19.9. The largest absolute Gasteiger partial charge is 0.496 e. The number of nitrogens with one attached hydrogen (secondary N) is 1. The van der Waals surface area contributed by atoms with Crippen molar-refractivity contribution in [1.82, 2.24) is 9.97 Å². The Balaban J connectivity index is 1.72. The highest BCUT2D eigenvalue weighted by Gasteiger charge is 2.34. The van der Waals surface area contributed by atoms with Gasteiger partial charge < -0.3 is 14.8 Å². The van der Waals surface area contributed by atoms with Gasteiger partial charge in [0, 0.05) is 23.6 Å². The fourth-order valence-electron chi connectivity index (χ4n) is 4.51. The average molecular weight is 484 g/mol. The van der Waals surface area contributed by atoms with Crippen LogP contribution in [0.3, 0.4) is 0 Å². The molecular weight excluding hydrogens is 453 g/mol. The Labute approximate surface area is 205 Å².